The highest BCUT2D eigenvalue weighted by molar-refractivity contribution is 5.51. The molecule has 1 rings (SSSR count). The van der Waals surface area contributed by atoms with Crippen molar-refractivity contribution in [1.29, 1.82) is 0 Å². The zero-order valence-corrected chi connectivity index (χ0v) is 5.11. The van der Waals surface area contributed by atoms with Crippen molar-refractivity contribution in [3.8, 4) is 0 Å². The second-order valence-electron chi connectivity index (χ2n) is 2.79. The van der Waals surface area contributed by atoms with Crippen LogP contribution in [0.15, 0.2) is 0 Å². The van der Waals surface area contributed by atoms with Crippen LogP contribution >= 0.6 is 0 Å². The molecule has 0 aromatic heterocycles. The first-order valence-corrected chi connectivity index (χ1v) is 2.91. The molecule has 0 spiro atoms. The molecular formula is C6H11NO. The summed E-state index contributed by atoms with van der Waals surface area (Å²) in [6.45, 7) is 4.13. The fraction of sp³-hybridized carbons (Fsp3) is 0.833. The van der Waals surface area contributed by atoms with Crippen molar-refractivity contribution in [1.82, 2.24) is 5.32 Å². The van der Waals surface area contributed by atoms with Gasteiger partial charge >= 0.3 is 0 Å². The fourth-order valence-electron chi connectivity index (χ4n) is 0.897. The Labute approximate surface area is 49.3 Å². The number of carbonyl (C=O) groups excluding carboxylic acids is 1. The van der Waals surface area contributed by atoms with Gasteiger partial charge in [-0.15, -0.1) is 0 Å². The van der Waals surface area contributed by atoms with E-state index in [2.05, 4.69) is 12.2 Å². The van der Waals surface area contributed by atoms with Gasteiger partial charge in [-0.3, -0.25) is 0 Å². The van der Waals surface area contributed by atoms with E-state index in [1.807, 2.05) is 0 Å². The number of hydrogen-bond acceptors (Lipinski definition) is 2. The highest BCUT2D eigenvalue weighted by Crippen LogP contribution is 2.23. The molecule has 0 unspecified atom stereocenters. The Morgan fingerprint density at radius 2 is 2.38 bits per heavy atom. The Hall–Kier alpha value is -0.370. The van der Waals surface area contributed by atoms with Gasteiger partial charge in [-0.1, -0.05) is 6.92 Å². The smallest absolute Gasteiger partial charge is 0.120 e. The molecule has 0 bridgehead atoms. The molecule has 1 saturated heterocycles. The predicted octanol–water partition coefficient (Wildman–Crippen LogP) is 0.185. The molecule has 0 aromatic carbocycles. The van der Waals surface area contributed by atoms with Crippen LogP contribution in [0, 0.1) is 5.41 Å². The Balaban J connectivity index is 2.29. The minimum absolute atomic E-state index is 0.293. The summed E-state index contributed by atoms with van der Waals surface area (Å²) in [5.74, 6) is 0. The van der Waals surface area contributed by atoms with E-state index in [0.29, 0.717) is 11.8 Å². The molecule has 0 saturated carbocycles. The highest BCUT2D eigenvalue weighted by Gasteiger charge is 2.30. The molecule has 0 amide bonds. The molecule has 0 atom stereocenters. The van der Waals surface area contributed by atoms with Crippen LogP contribution in [0.4, 0.5) is 0 Å². The largest absolute Gasteiger partial charge is 0.316 e. The number of nitrogens with one attached hydrogen (secondary N) is 1. The Morgan fingerprint density at radius 3 is 2.50 bits per heavy atom. The van der Waals surface area contributed by atoms with Crippen molar-refractivity contribution in [2.45, 2.75) is 13.3 Å². The van der Waals surface area contributed by atoms with Crippen LogP contribution in [0.25, 0.3) is 0 Å². The maximum absolute atomic E-state index is 9.99. The van der Waals surface area contributed by atoms with Crippen LogP contribution in [-0.2, 0) is 4.79 Å². The maximum atomic E-state index is 9.99. The molecule has 2 heteroatoms. The van der Waals surface area contributed by atoms with Gasteiger partial charge in [-0.05, 0) is 5.41 Å². The molecule has 2 nitrogen and oxygen atoms in total. The Morgan fingerprint density at radius 1 is 1.75 bits per heavy atom. The van der Waals surface area contributed by atoms with Gasteiger partial charge < -0.3 is 10.1 Å². The summed E-state index contributed by atoms with van der Waals surface area (Å²) in [5, 5.41) is 3.13. The monoisotopic (exact) mass is 113 g/mol. The van der Waals surface area contributed by atoms with Gasteiger partial charge in [0.05, 0.1) is 0 Å². The van der Waals surface area contributed by atoms with Gasteiger partial charge in [0.15, 0.2) is 0 Å². The molecule has 1 aliphatic rings. The third-order valence-electron chi connectivity index (χ3n) is 1.68. The number of carbonyl (C=O) groups is 1. The van der Waals surface area contributed by atoms with E-state index in [1.54, 1.807) is 0 Å². The predicted molar refractivity (Wildman–Crippen MR) is 31.7 cm³/mol. The van der Waals surface area contributed by atoms with Crippen LogP contribution in [-0.4, -0.2) is 19.4 Å². The van der Waals surface area contributed by atoms with Crippen molar-refractivity contribution in [3.05, 3.63) is 0 Å². The van der Waals surface area contributed by atoms with Gasteiger partial charge in [-0.25, -0.2) is 0 Å². The molecule has 8 heavy (non-hydrogen) atoms. The molecule has 0 aromatic rings. The van der Waals surface area contributed by atoms with Crippen LogP contribution in [0.1, 0.15) is 13.3 Å². The molecule has 0 aliphatic carbocycles. The van der Waals surface area contributed by atoms with E-state index in [0.717, 1.165) is 19.4 Å². The van der Waals surface area contributed by atoms with E-state index >= 15 is 0 Å². The van der Waals surface area contributed by atoms with Gasteiger partial charge in [0.1, 0.15) is 6.29 Å². The van der Waals surface area contributed by atoms with Gasteiger partial charge in [0.2, 0.25) is 0 Å². The minimum atomic E-state index is 0.293. The minimum Gasteiger partial charge on any atom is -0.316 e. The topological polar surface area (TPSA) is 29.1 Å². The van der Waals surface area contributed by atoms with E-state index in [-0.39, 0.29) is 0 Å². The normalized spacial score (nSPS) is 24.1. The summed E-state index contributed by atoms with van der Waals surface area (Å²) in [7, 11) is 0. The lowest BCUT2D eigenvalue weighted by molar-refractivity contribution is -0.110. The number of rotatable bonds is 2. The lowest BCUT2D eigenvalue weighted by atomic mass is 9.82. The maximum Gasteiger partial charge on any atom is 0.120 e. The standard InChI is InChI=1S/C6H11NO/c1-6(2-3-8)4-7-5-6/h3,7H,2,4-5H2,1H3. The summed E-state index contributed by atoms with van der Waals surface area (Å²) < 4.78 is 0. The Kier molecular flexibility index (Phi) is 1.34. The summed E-state index contributed by atoms with van der Waals surface area (Å²) in [6.07, 6.45) is 1.71. The van der Waals surface area contributed by atoms with Gasteiger partial charge in [0.25, 0.3) is 0 Å². The van der Waals surface area contributed by atoms with Crippen LogP contribution in [0.2, 0.25) is 0 Å². The summed E-state index contributed by atoms with van der Waals surface area (Å²) in [5.41, 5.74) is 0.293. The van der Waals surface area contributed by atoms with Crippen LogP contribution < -0.4 is 5.32 Å². The first kappa shape index (κ1) is 5.76. The van der Waals surface area contributed by atoms with Crippen molar-refractivity contribution >= 4 is 6.29 Å². The van der Waals surface area contributed by atoms with Crippen molar-refractivity contribution in [3.63, 3.8) is 0 Å². The van der Waals surface area contributed by atoms with Crippen molar-refractivity contribution < 1.29 is 4.79 Å². The summed E-state index contributed by atoms with van der Waals surface area (Å²) >= 11 is 0. The first-order valence-electron chi connectivity index (χ1n) is 2.91. The molecule has 1 aliphatic heterocycles. The second kappa shape index (κ2) is 1.86. The first-order chi connectivity index (χ1) is 3.77. The summed E-state index contributed by atoms with van der Waals surface area (Å²) in [6, 6.07) is 0. The second-order valence-corrected chi connectivity index (χ2v) is 2.79. The average Bonchev–Trinajstić information content (AvgIpc) is 1.64. The zero-order chi connectivity index (χ0) is 6.04. The quantitative estimate of drug-likeness (QED) is 0.518. The van der Waals surface area contributed by atoms with E-state index < -0.39 is 0 Å². The Bertz CT molecular complexity index is 96.7. The fourth-order valence-corrected chi connectivity index (χ4v) is 0.897. The third kappa shape index (κ3) is 0.892. The SMILES string of the molecule is CC1(CC=O)CNC1. The van der Waals surface area contributed by atoms with Gasteiger partial charge in [0, 0.05) is 19.5 Å². The zero-order valence-electron chi connectivity index (χ0n) is 5.11. The molecule has 1 heterocycles. The number of hydrogen-bond donors (Lipinski definition) is 1. The molecular weight excluding hydrogens is 102 g/mol. The van der Waals surface area contributed by atoms with Crippen LogP contribution in [0.5, 0.6) is 0 Å². The van der Waals surface area contributed by atoms with E-state index in [4.69, 9.17) is 0 Å². The van der Waals surface area contributed by atoms with Gasteiger partial charge in [-0.2, -0.15) is 0 Å². The van der Waals surface area contributed by atoms with Crippen molar-refractivity contribution in [2.24, 2.45) is 5.41 Å². The average molecular weight is 113 g/mol. The lowest BCUT2D eigenvalue weighted by Crippen LogP contribution is -2.51. The molecule has 46 valence electrons. The lowest BCUT2D eigenvalue weighted by Gasteiger charge is -2.37. The number of aldehydes is 1. The summed E-state index contributed by atoms with van der Waals surface area (Å²) in [4.78, 5) is 9.99. The molecule has 0 radical (unpaired) electrons. The highest BCUT2D eigenvalue weighted by atomic mass is 16.1. The van der Waals surface area contributed by atoms with E-state index in [9.17, 15) is 4.79 Å². The molecule has 1 fully saturated rings. The van der Waals surface area contributed by atoms with E-state index in [1.165, 1.54) is 0 Å². The molecule has 1 N–H and O–H groups in total. The van der Waals surface area contributed by atoms with Crippen molar-refractivity contribution in [2.75, 3.05) is 13.1 Å². The third-order valence-corrected chi connectivity index (χ3v) is 1.68. The van der Waals surface area contributed by atoms with Crippen LogP contribution in [0.3, 0.4) is 0 Å².